The summed E-state index contributed by atoms with van der Waals surface area (Å²) in [6.45, 7) is 2.22. The van der Waals surface area contributed by atoms with Crippen molar-refractivity contribution in [2.24, 2.45) is 5.73 Å². The third-order valence-corrected chi connectivity index (χ3v) is 3.89. The van der Waals surface area contributed by atoms with E-state index in [-0.39, 0.29) is 22.6 Å². The van der Waals surface area contributed by atoms with Crippen molar-refractivity contribution in [1.29, 1.82) is 0 Å². The molecule has 2 aromatic rings. The molecule has 5 heteroatoms. The first-order chi connectivity index (χ1) is 9.52. The molecule has 0 aliphatic carbocycles. The number of benzene rings is 1. The summed E-state index contributed by atoms with van der Waals surface area (Å²) in [5.41, 5.74) is 7.06. The zero-order valence-electron chi connectivity index (χ0n) is 11.2. The van der Waals surface area contributed by atoms with Crippen LogP contribution in [0.4, 0.5) is 8.78 Å². The number of nitrogens with zero attached hydrogens (tertiary/aromatic N) is 1. The van der Waals surface area contributed by atoms with Gasteiger partial charge in [-0.25, -0.2) is 8.78 Å². The van der Waals surface area contributed by atoms with Crippen LogP contribution in [0.25, 0.3) is 0 Å². The van der Waals surface area contributed by atoms with Gasteiger partial charge in [-0.05, 0) is 46.1 Å². The second kappa shape index (κ2) is 6.50. The molecule has 1 atom stereocenters. The molecular formula is C15H17BrF2N2. The van der Waals surface area contributed by atoms with Crippen molar-refractivity contribution in [2.75, 3.05) is 0 Å². The van der Waals surface area contributed by atoms with E-state index < -0.39 is 11.6 Å². The number of nitrogens with two attached hydrogens (primary N) is 1. The standard InChI is InChI=1S/C15H17BrF2N2/c1-2-3-14(19)10-6-7-20(8-10)9-11-13(17)5-4-12(16)15(11)18/h4-8,14H,2-3,9,19H2,1H3. The molecule has 0 radical (unpaired) electrons. The molecular weight excluding hydrogens is 326 g/mol. The molecule has 1 aromatic heterocycles. The molecule has 0 saturated carbocycles. The van der Waals surface area contributed by atoms with Gasteiger partial charge in [0.15, 0.2) is 0 Å². The quantitative estimate of drug-likeness (QED) is 0.803. The minimum absolute atomic E-state index is 0.0292. The summed E-state index contributed by atoms with van der Waals surface area (Å²) in [5.74, 6) is -1.10. The van der Waals surface area contributed by atoms with Gasteiger partial charge in [0.25, 0.3) is 0 Å². The first kappa shape index (κ1) is 15.2. The van der Waals surface area contributed by atoms with Crippen molar-refractivity contribution in [3.63, 3.8) is 0 Å². The molecule has 0 fully saturated rings. The van der Waals surface area contributed by atoms with Crippen LogP contribution in [-0.4, -0.2) is 4.57 Å². The molecule has 0 saturated heterocycles. The van der Waals surface area contributed by atoms with Gasteiger partial charge in [0.1, 0.15) is 11.6 Å². The Labute approximate surface area is 125 Å². The lowest BCUT2D eigenvalue weighted by atomic mass is 10.1. The number of aromatic nitrogens is 1. The first-order valence-corrected chi connectivity index (χ1v) is 7.35. The van der Waals surface area contributed by atoms with Crippen LogP contribution in [0.2, 0.25) is 0 Å². The Morgan fingerprint density at radius 1 is 1.30 bits per heavy atom. The SMILES string of the molecule is CCCC(N)c1ccn(Cc2c(F)ccc(Br)c2F)c1. The van der Waals surface area contributed by atoms with Crippen LogP contribution in [-0.2, 0) is 6.54 Å². The van der Waals surface area contributed by atoms with Crippen LogP contribution in [0.3, 0.4) is 0 Å². The molecule has 108 valence electrons. The van der Waals surface area contributed by atoms with Gasteiger partial charge in [-0.3, -0.25) is 0 Å². The van der Waals surface area contributed by atoms with Gasteiger partial charge < -0.3 is 10.3 Å². The highest BCUT2D eigenvalue weighted by molar-refractivity contribution is 9.10. The molecule has 0 aliphatic heterocycles. The largest absolute Gasteiger partial charge is 0.349 e. The first-order valence-electron chi connectivity index (χ1n) is 6.56. The summed E-state index contributed by atoms with van der Waals surface area (Å²) in [4.78, 5) is 0. The zero-order chi connectivity index (χ0) is 14.7. The van der Waals surface area contributed by atoms with Crippen LogP contribution in [0, 0.1) is 11.6 Å². The molecule has 2 N–H and O–H groups in total. The Morgan fingerprint density at radius 3 is 2.75 bits per heavy atom. The highest BCUT2D eigenvalue weighted by Crippen LogP contribution is 2.23. The summed E-state index contributed by atoms with van der Waals surface area (Å²) >= 11 is 3.07. The third kappa shape index (κ3) is 3.27. The molecule has 0 bridgehead atoms. The monoisotopic (exact) mass is 342 g/mol. The van der Waals surface area contributed by atoms with Crippen molar-refractivity contribution in [2.45, 2.75) is 32.4 Å². The second-order valence-corrected chi connectivity index (χ2v) is 5.69. The lowest BCUT2D eigenvalue weighted by Gasteiger charge is -2.09. The van der Waals surface area contributed by atoms with Gasteiger partial charge in [-0.15, -0.1) is 0 Å². The Bertz CT molecular complexity index is 596. The van der Waals surface area contributed by atoms with E-state index in [2.05, 4.69) is 22.9 Å². The van der Waals surface area contributed by atoms with E-state index >= 15 is 0 Å². The van der Waals surface area contributed by atoms with Gasteiger partial charge >= 0.3 is 0 Å². The molecule has 2 nitrogen and oxygen atoms in total. The van der Waals surface area contributed by atoms with Crippen molar-refractivity contribution in [1.82, 2.24) is 4.57 Å². The number of halogens is 3. The second-order valence-electron chi connectivity index (χ2n) is 4.83. The third-order valence-electron chi connectivity index (χ3n) is 3.28. The fraction of sp³-hybridized carbons (Fsp3) is 0.333. The zero-order valence-corrected chi connectivity index (χ0v) is 12.8. The van der Waals surface area contributed by atoms with Crippen LogP contribution in [0.5, 0.6) is 0 Å². The van der Waals surface area contributed by atoms with Crippen molar-refractivity contribution in [3.05, 3.63) is 57.8 Å². The van der Waals surface area contributed by atoms with E-state index in [9.17, 15) is 8.78 Å². The van der Waals surface area contributed by atoms with E-state index in [0.717, 1.165) is 18.4 Å². The van der Waals surface area contributed by atoms with Gasteiger partial charge in [-0.2, -0.15) is 0 Å². The molecule has 0 amide bonds. The maximum atomic E-state index is 13.9. The Kier molecular flexibility index (Phi) is 4.94. The van der Waals surface area contributed by atoms with Gasteiger partial charge in [0.05, 0.1) is 11.0 Å². The Balaban J connectivity index is 2.21. The molecule has 0 spiro atoms. The number of hydrogen-bond donors (Lipinski definition) is 1. The maximum Gasteiger partial charge on any atom is 0.145 e. The Hall–Kier alpha value is -1.20. The fourth-order valence-corrected chi connectivity index (χ4v) is 2.52. The Morgan fingerprint density at radius 2 is 2.05 bits per heavy atom. The summed E-state index contributed by atoms with van der Waals surface area (Å²) in [6, 6.07) is 4.49. The van der Waals surface area contributed by atoms with Crippen LogP contribution in [0.1, 0.15) is 36.9 Å². The molecule has 1 unspecified atom stereocenters. The van der Waals surface area contributed by atoms with Crippen molar-refractivity contribution >= 4 is 15.9 Å². The van der Waals surface area contributed by atoms with Crippen molar-refractivity contribution in [3.8, 4) is 0 Å². The van der Waals surface area contributed by atoms with E-state index in [0.29, 0.717) is 0 Å². The average Bonchev–Trinajstić information content (AvgIpc) is 2.88. The van der Waals surface area contributed by atoms with Crippen molar-refractivity contribution < 1.29 is 8.78 Å². The predicted octanol–water partition coefficient (Wildman–Crippen LogP) is 4.38. The predicted molar refractivity (Wildman–Crippen MR) is 79.4 cm³/mol. The number of hydrogen-bond acceptors (Lipinski definition) is 1. The fourth-order valence-electron chi connectivity index (χ4n) is 2.15. The smallest absolute Gasteiger partial charge is 0.145 e. The molecule has 20 heavy (non-hydrogen) atoms. The molecule has 0 aliphatic rings. The topological polar surface area (TPSA) is 30.9 Å². The highest BCUT2D eigenvalue weighted by atomic mass is 79.9. The lowest BCUT2D eigenvalue weighted by Crippen LogP contribution is -2.09. The highest BCUT2D eigenvalue weighted by Gasteiger charge is 2.13. The van der Waals surface area contributed by atoms with Crippen LogP contribution >= 0.6 is 15.9 Å². The lowest BCUT2D eigenvalue weighted by molar-refractivity contribution is 0.540. The molecule has 1 aromatic carbocycles. The average molecular weight is 343 g/mol. The summed E-state index contributed by atoms with van der Waals surface area (Å²) in [7, 11) is 0. The van der Waals surface area contributed by atoms with Gasteiger partial charge in [0, 0.05) is 24.0 Å². The molecule has 2 rings (SSSR count). The summed E-state index contributed by atoms with van der Waals surface area (Å²) in [6.07, 6.45) is 5.54. The van der Waals surface area contributed by atoms with E-state index in [1.165, 1.54) is 12.1 Å². The van der Waals surface area contributed by atoms with Gasteiger partial charge in [0.2, 0.25) is 0 Å². The van der Waals surface area contributed by atoms with E-state index in [4.69, 9.17) is 5.73 Å². The van der Waals surface area contributed by atoms with Crippen LogP contribution < -0.4 is 5.73 Å². The minimum atomic E-state index is -0.557. The molecule has 1 heterocycles. The van der Waals surface area contributed by atoms with E-state index in [1.54, 1.807) is 10.8 Å². The summed E-state index contributed by atoms with van der Waals surface area (Å²) < 4.78 is 29.6. The minimum Gasteiger partial charge on any atom is -0.349 e. The van der Waals surface area contributed by atoms with Gasteiger partial charge in [-0.1, -0.05) is 13.3 Å². The normalized spacial score (nSPS) is 12.7. The number of rotatable bonds is 5. The maximum absolute atomic E-state index is 13.9. The summed E-state index contributed by atoms with van der Waals surface area (Å²) in [5, 5.41) is 0. The van der Waals surface area contributed by atoms with Crippen LogP contribution in [0.15, 0.2) is 35.1 Å². The van der Waals surface area contributed by atoms with E-state index in [1.807, 2.05) is 12.3 Å².